The summed E-state index contributed by atoms with van der Waals surface area (Å²) in [6.45, 7) is 0. The van der Waals surface area contributed by atoms with E-state index in [0.29, 0.717) is 12.0 Å². The number of benzene rings is 2. The number of hydrogen-bond donors (Lipinski definition) is 0. The minimum Gasteiger partial charge on any atom is -0.343 e. The van der Waals surface area contributed by atoms with Crippen LogP contribution in [0.4, 0.5) is 10.1 Å². The molecule has 23 heavy (non-hydrogen) atoms. The number of halogens is 1. The third kappa shape index (κ3) is 1.96. The lowest BCUT2D eigenvalue weighted by atomic mass is 9.99. The smallest absolute Gasteiger partial charge is 0.281 e. The normalized spacial score (nSPS) is 13.5. The van der Waals surface area contributed by atoms with Gasteiger partial charge in [-0.3, -0.25) is 10.1 Å². The first-order valence-corrected chi connectivity index (χ1v) is 7.61. The van der Waals surface area contributed by atoms with Crippen molar-refractivity contribution in [3.8, 4) is 11.3 Å². The number of para-hydroxylation sites is 1. The second-order valence-corrected chi connectivity index (χ2v) is 5.97. The summed E-state index contributed by atoms with van der Waals surface area (Å²) in [5.74, 6) is -0.544. The van der Waals surface area contributed by atoms with E-state index in [1.54, 1.807) is 0 Å². The summed E-state index contributed by atoms with van der Waals surface area (Å²) in [5, 5.41) is 12.6. The highest BCUT2D eigenvalue weighted by molar-refractivity contribution is 5.94. The highest BCUT2D eigenvalue weighted by Gasteiger charge is 2.29. The summed E-state index contributed by atoms with van der Waals surface area (Å²) in [7, 11) is 1.92. The topological polar surface area (TPSA) is 48.1 Å². The Morgan fingerprint density at radius 2 is 2.00 bits per heavy atom. The zero-order chi connectivity index (χ0) is 16.1. The Balaban J connectivity index is 2.17. The van der Waals surface area contributed by atoms with Gasteiger partial charge in [0.15, 0.2) is 0 Å². The quantitative estimate of drug-likeness (QED) is 0.494. The summed E-state index contributed by atoms with van der Waals surface area (Å²) >= 11 is 0. The van der Waals surface area contributed by atoms with E-state index >= 15 is 0 Å². The molecule has 0 bridgehead atoms. The van der Waals surface area contributed by atoms with Crippen molar-refractivity contribution in [3.05, 3.63) is 63.5 Å². The molecule has 0 saturated heterocycles. The Morgan fingerprint density at radius 3 is 2.78 bits per heavy atom. The first-order chi connectivity index (χ1) is 11.1. The maximum atomic E-state index is 13.8. The first-order valence-electron chi connectivity index (χ1n) is 7.61. The van der Waals surface area contributed by atoms with Crippen LogP contribution in [0.3, 0.4) is 0 Å². The predicted octanol–water partition coefficient (Wildman–Crippen LogP) is 4.38. The molecule has 1 aromatic heterocycles. The number of aryl methyl sites for hydroxylation is 3. The van der Waals surface area contributed by atoms with Crippen molar-refractivity contribution in [2.75, 3.05) is 0 Å². The van der Waals surface area contributed by atoms with Gasteiger partial charge in [0.25, 0.3) is 5.69 Å². The monoisotopic (exact) mass is 310 g/mol. The van der Waals surface area contributed by atoms with Gasteiger partial charge in [-0.15, -0.1) is 0 Å². The Hall–Kier alpha value is -2.69. The van der Waals surface area contributed by atoms with Crippen LogP contribution in [0, 0.1) is 15.9 Å². The maximum Gasteiger partial charge on any atom is 0.281 e. The van der Waals surface area contributed by atoms with Crippen molar-refractivity contribution in [2.24, 2.45) is 7.05 Å². The van der Waals surface area contributed by atoms with Crippen LogP contribution in [0.5, 0.6) is 0 Å². The minimum absolute atomic E-state index is 0.144. The van der Waals surface area contributed by atoms with Gasteiger partial charge in [-0.2, -0.15) is 0 Å². The fourth-order valence-electron chi connectivity index (χ4n) is 3.76. The van der Waals surface area contributed by atoms with Gasteiger partial charge < -0.3 is 4.57 Å². The highest BCUT2D eigenvalue weighted by Crippen LogP contribution is 2.43. The predicted molar refractivity (Wildman–Crippen MR) is 87.0 cm³/mol. The van der Waals surface area contributed by atoms with E-state index < -0.39 is 10.7 Å². The van der Waals surface area contributed by atoms with Gasteiger partial charge in [-0.25, -0.2) is 4.39 Å². The van der Waals surface area contributed by atoms with Crippen LogP contribution in [0.25, 0.3) is 22.2 Å². The molecule has 2 aromatic carbocycles. The van der Waals surface area contributed by atoms with Crippen molar-refractivity contribution in [1.29, 1.82) is 0 Å². The maximum absolute atomic E-state index is 13.8. The van der Waals surface area contributed by atoms with Crippen LogP contribution in [0.1, 0.15) is 17.5 Å². The van der Waals surface area contributed by atoms with Crippen molar-refractivity contribution in [1.82, 2.24) is 4.57 Å². The Morgan fingerprint density at radius 1 is 1.22 bits per heavy atom. The summed E-state index contributed by atoms with van der Waals surface area (Å²) in [6, 6.07) is 10.5. The molecule has 1 aliphatic rings. The standard InChI is InChI=1S/C18H15FN2O2/c1-20-15-8-3-2-6-13(15)14-7-4-5-11-9-12(19)10-16(21(22)23)17(11)18(14)20/h2-3,6,8-10H,4-5,7H2,1H3. The number of nitro benzene ring substituents is 1. The van der Waals surface area contributed by atoms with E-state index in [2.05, 4.69) is 6.07 Å². The van der Waals surface area contributed by atoms with Gasteiger partial charge in [-0.1, -0.05) is 18.2 Å². The molecule has 0 radical (unpaired) electrons. The van der Waals surface area contributed by atoms with Crippen molar-refractivity contribution in [2.45, 2.75) is 19.3 Å². The zero-order valence-electron chi connectivity index (χ0n) is 12.7. The highest BCUT2D eigenvalue weighted by atomic mass is 19.1. The molecule has 4 nitrogen and oxygen atoms in total. The fraction of sp³-hybridized carbons (Fsp3) is 0.222. The fourth-order valence-corrected chi connectivity index (χ4v) is 3.76. The number of fused-ring (bicyclic) bond motifs is 5. The second-order valence-electron chi connectivity index (χ2n) is 5.97. The van der Waals surface area contributed by atoms with Crippen molar-refractivity contribution in [3.63, 3.8) is 0 Å². The van der Waals surface area contributed by atoms with Gasteiger partial charge in [-0.05, 0) is 42.5 Å². The lowest BCUT2D eigenvalue weighted by Gasteiger charge is -2.10. The molecule has 0 amide bonds. The lowest BCUT2D eigenvalue weighted by Crippen LogP contribution is -2.01. The number of aromatic nitrogens is 1. The molecule has 1 aliphatic carbocycles. The first kappa shape index (κ1) is 13.9. The van der Waals surface area contributed by atoms with E-state index in [1.807, 2.05) is 29.8 Å². The zero-order valence-corrected chi connectivity index (χ0v) is 12.7. The molecule has 0 unspecified atom stereocenters. The number of nitro groups is 1. The van der Waals surface area contributed by atoms with E-state index in [0.717, 1.165) is 46.6 Å². The Bertz CT molecular complexity index is 959. The number of nitrogens with zero attached hydrogens (tertiary/aromatic N) is 2. The average Bonchev–Trinajstić information content (AvgIpc) is 2.69. The van der Waals surface area contributed by atoms with Gasteiger partial charge in [0.1, 0.15) is 5.82 Å². The van der Waals surface area contributed by atoms with Crippen LogP contribution in [-0.4, -0.2) is 9.49 Å². The molecular weight excluding hydrogens is 295 g/mol. The SMILES string of the molecule is Cn1c2c(c3ccccc31)CCCc1cc(F)cc([N+](=O)[O-])c1-2. The molecule has 3 aromatic rings. The third-order valence-corrected chi connectivity index (χ3v) is 4.68. The molecule has 5 heteroatoms. The summed E-state index contributed by atoms with van der Waals surface area (Å²) in [5.41, 5.74) is 4.17. The minimum atomic E-state index is -0.544. The molecule has 0 fully saturated rings. The Kier molecular flexibility index (Phi) is 2.98. The molecular formula is C18H15FN2O2. The van der Waals surface area contributed by atoms with Crippen LogP contribution < -0.4 is 0 Å². The molecule has 0 spiro atoms. The molecule has 4 rings (SSSR count). The molecule has 0 aliphatic heterocycles. The lowest BCUT2D eigenvalue weighted by molar-refractivity contribution is -0.384. The molecule has 0 atom stereocenters. The van der Waals surface area contributed by atoms with Crippen LogP contribution in [0.2, 0.25) is 0 Å². The van der Waals surface area contributed by atoms with E-state index in [9.17, 15) is 14.5 Å². The van der Waals surface area contributed by atoms with Crippen LogP contribution in [0.15, 0.2) is 36.4 Å². The summed E-state index contributed by atoms with van der Waals surface area (Å²) in [6.07, 6.45) is 2.34. The second kappa shape index (κ2) is 4.91. The van der Waals surface area contributed by atoms with Crippen LogP contribution in [-0.2, 0) is 19.9 Å². The summed E-state index contributed by atoms with van der Waals surface area (Å²) in [4.78, 5) is 11.0. The van der Waals surface area contributed by atoms with E-state index in [4.69, 9.17) is 0 Å². The molecule has 116 valence electrons. The van der Waals surface area contributed by atoms with Gasteiger partial charge in [0, 0.05) is 18.0 Å². The van der Waals surface area contributed by atoms with E-state index in [-0.39, 0.29) is 5.69 Å². The summed E-state index contributed by atoms with van der Waals surface area (Å²) < 4.78 is 15.8. The van der Waals surface area contributed by atoms with Crippen LogP contribution >= 0.6 is 0 Å². The van der Waals surface area contributed by atoms with Crippen molar-refractivity contribution < 1.29 is 9.31 Å². The van der Waals surface area contributed by atoms with Gasteiger partial charge in [0.05, 0.1) is 22.2 Å². The Labute approximate surface area is 132 Å². The molecule has 0 N–H and O–H groups in total. The largest absolute Gasteiger partial charge is 0.343 e. The average molecular weight is 310 g/mol. The van der Waals surface area contributed by atoms with Crippen molar-refractivity contribution >= 4 is 16.6 Å². The number of rotatable bonds is 1. The van der Waals surface area contributed by atoms with Gasteiger partial charge in [0.2, 0.25) is 0 Å². The van der Waals surface area contributed by atoms with E-state index in [1.165, 1.54) is 6.07 Å². The number of hydrogen-bond acceptors (Lipinski definition) is 2. The third-order valence-electron chi connectivity index (χ3n) is 4.68. The van der Waals surface area contributed by atoms with Gasteiger partial charge >= 0.3 is 0 Å². The molecule has 1 heterocycles. The molecule has 0 saturated carbocycles.